The van der Waals surface area contributed by atoms with Crippen LogP contribution in [0.2, 0.25) is 0 Å². The van der Waals surface area contributed by atoms with Gasteiger partial charge in [-0.2, -0.15) is 0 Å². The minimum absolute atomic E-state index is 0.0191. The van der Waals surface area contributed by atoms with Gasteiger partial charge in [-0.05, 0) is 42.8 Å². The highest BCUT2D eigenvalue weighted by Crippen LogP contribution is 2.27. The lowest BCUT2D eigenvalue weighted by atomic mass is 9.98. The zero-order chi connectivity index (χ0) is 25.4. The molecule has 0 radical (unpaired) electrons. The second-order valence-electron chi connectivity index (χ2n) is 6.27. The van der Waals surface area contributed by atoms with E-state index in [9.17, 15) is 9.18 Å². The summed E-state index contributed by atoms with van der Waals surface area (Å²) in [7, 11) is 3.01. The van der Waals surface area contributed by atoms with Crippen LogP contribution in [0.1, 0.15) is 42.3 Å². The molecule has 0 aromatic heterocycles. The van der Waals surface area contributed by atoms with Crippen molar-refractivity contribution < 1.29 is 18.7 Å². The number of nitrogen functional groups attached to an aromatic ring is 1. The van der Waals surface area contributed by atoms with Crippen LogP contribution in [0.25, 0.3) is 0 Å². The van der Waals surface area contributed by atoms with Crippen molar-refractivity contribution in [1.82, 2.24) is 5.32 Å². The van der Waals surface area contributed by atoms with Crippen LogP contribution >= 0.6 is 0 Å². The summed E-state index contributed by atoms with van der Waals surface area (Å²) in [4.78, 5) is 12.4. The molecule has 0 aliphatic carbocycles. The van der Waals surface area contributed by atoms with Gasteiger partial charge in [0.15, 0.2) is 0 Å². The number of hydrogen-bond donors (Lipinski definition) is 3. The Balaban J connectivity index is 0.00000189. The van der Waals surface area contributed by atoms with E-state index in [2.05, 4.69) is 18.5 Å². The van der Waals surface area contributed by atoms with Crippen molar-refractivity contribution in [3.8, 4) is 11.5 Å². The van der Waals surface area contributed by atoms with Crippen molar-refractivity contribution in [2.24, 2.45) is 0 Å². The molecule has 178 valence electrons. The predicted molar refractivity (Wildman–Crippen MR) is 135 cm³/mol. The highest BCUT2D eigenvalue weighted by molar-refractivity contribution is 6.15. The van der Waals surface area contributed by atoms with Gasteiger partial charge >= 0.3 is 0 Å². The van der Waals surface area contributed by atoms with E-state index >= 15 is 0 Å². The first kappa shape index (κ1) is 29.1. The van der Waals surface area contributed by atoms with Crippen molar-refractivity contribution in [1.29, 1.82) is 5.41 Å². The standard InChI is InChI=1S/C21H22FN3O3.C3H6.C2H6/c1-13(7-8-22)20(24)17-10-15(19(28-3)11-18(17)23)12-25-21(26)14-5-4-6-16(9-14)27-2;1-3-2;1-2/h4-11,24H,1,12,23H2,2-3H3,(H,25,26);3H,1H2,2H3;1-2H3/b8-7+,24-20?;;. The molecule has 0 heterocycles. The molecule has 6 nitrogen and oxygen atoms in total. The molecular formula is C26H34FN3O3. The number of halogens is 1. The molecule has 0 bridgehead atoms. The summed E-state index contributed by atoms with van der Waals surface area (Å²) in [6.07, 6.45) is 3.14. The van der Waals surface area contributed by atoms with E-state index in [1.807, 2.05) is 20.8 Å². The molecule has 0 unspecified atom stereocenters. The predicted octanol–water partition coefficient (Wildman–Crippen LogP) is 5.84. The van der Waals surface area contributed by atoms with Gasteiger partial charge in [0.25, 0.3) is 5.91 Å². The van der Waals surface area contributed by atoms with Gasteiger partial charge < -0.3 is 20.5 Å². The molecule has 0 saturated carbocycles. The summed E-state index contributed by atoms with van der Waals surface area (Å²) in [5.74, 6) is 0.749. The second kappa shape index (κ2) is 15.9. The molecule has 2 aromatic carbocycles. The average molecular weight is 456 g/mol. The number of carbonyl (C=O) groups excluding carboxylic acids is 1. The van der Waals surface area contributed by atoms with Crippen molar-refractivity contribution >= 4 is 17.3 Å². The maximum Gasteiger partial charge on any atom is 0.251 e. The van der Waals surface area contributed by atoms with Gasteiger partial charge in [0.2, 0.25) is 0 Å². The number of anilines is 1. The summed E-state index contributed by atoms with van der Waals surface area (Å²) in [6, 6.07) is 9.96. The minimum atomic E-state index is -0.292. The number of nitrogens with one attached hydrogen (secondary N) is 2. The van der Waals surface area contributed by atoms with E-state index in [1.54, 1.807) is 42.5 Å². The van der Waals surface area contributed by atoms with E-state index in [0.29, 0.717) is 34.5 Å². The molecule has 0 aliphatic heterocycles. The fourth-order valence-electron chi connectivity index (χ4n) is 2.56. The quantitative estimate of drug-likeness (QED) is 0.201. The zero-order valence-electron chi connectivity index (χ0n) is 20.0. The Hall–Kier alpha value is -3.87. The zero-order valence-corrected chi connectivity index (χ0v) is 20.0. The first-order chi connectivity index (χ1) is 15.8. The SMILES string of the molecule is C=C(/C=C/F)C(=N)c1cc(CNC(=O)c2cccc(OC)c2)c(OC)cc1N.C=CC.CC. The Morgan fingerprint density at radius 2 is 1.85 bits per heavy atom. The maximum absolute atomic E-state index is 12.4. The Labute approximate surface area is 196 Å². The first-order valence-electron chi connectivity index (χ1n) is 10.3. The highest BCUT2D eigenvalue weighted by Gasteiger charge is 2.15. The van der Waals surface area contributed by atoms with Crippen LogP contribution in [0.15, 0.2) is 73.6 Å². The number of benzene rings is 2. The summed E-state index contributed by atoms with van der Waals surface area (Å²) >= 11 is 0. The first-order valence-corrected chi connectivity index (χ1v) is 10.3. The molecule has 2 aromatic rings. The van der Waals surface area contributed by atoms with Gasteiger partial charge in [-0.25, -0.2) is 4.39 Å². The molecule has 1 amide bonds. The van der Waals surface area contributed by atoms with Gasteiger partial charge in [0.1, 0.15) is 11.5 Å². The average Bonchev–Trinajstić information content (AvgIpc) is 2.84. The van der Waals surface area contributed by atoms with E-state index in [4.69, 9.17) is 20.6 Å². The maximum atomic E-state index is 12.4. The van der Waals surface area contributed by atoms with Crippen LogP contribution in [0.5, 0.6) is 11.5 Å². The highest BCUT2D eigenvalue weighted by atomic mass is 19.1. The van der Waals surface area contributed by atoms with E-state index in [0.717, 1.165) is 6.08 Å². The summed E-state index contributed by atoms with van der Waals surface area (Å²) in [6.45, 7) is 13.0. The molecule has 0 atom stereocenters. The Bertz CT molecular complexity index is 985. The monoisotopic (exact) mass is 455 g/mol. The van der Waals surface area contributed by atoms with Crippen molar-refractivity contribution in [2.45, 2.75) is 27.3 Å². The van der Waals surface area contributed by atoms with Crippen molar-refractivity contribution in [3.63, 3.8) is 0 Å². The van der Waals surface area contributed by atoms with Gasteiger partial charge in [-0.3, -0.25) is 10.2 Å². The Kier molecular flexibility index (Phi) is 14.0. The van der Waals surface area contributed by atoms with Crippen LogP contribution < -0.4 is 20.5 Å². The number of amides is 1. The molecule has 0 fully saturated rings. The Morgan fingerprint density at radius 1 is 1.21 bits per heavy atom. The van der Waals surface area contributed by atoms with Gasteiger partial charge in [-0.15, -0.1) is 6.58 Å². The van der Waals surface area contributed by atoms with Crippen molar-refractivity contribution in [2.75, 3.05) is 20.0 Å². The number of nitrogens with two attached hydrogens (primary N) is 1. The number of carbonyl (C=O) groups is 1. The van der Waals surface area contributed by atoms with Crippen LogP contribution in [0.4, 0.5) is 10.1 Å². The number of methoxy groups -OCH3 is 2. The largest absolute Gasteiger partial charge is 0.497 e. The lowest BCUT2D eigenvalue weighted by Gasteiger charge is -2.15. The van der Waals surface area contributed by atoms with Gasteiger partial charge in [0, 0.05) is 35.0 Å². The lowest BCUT2D eigenvalue weighted by Crippen LogP contribution is -2.23. The number of ether oxygens (including phenoxy) is 2. The molecule has 0 spiro atoms. The molecular weight excluding hydrogens is 421 g/mol. The van der Waals surface area contributed by atoms with Crippen LogP contribution in [-0.4, -0.2) is 25.8 Å². The van der Waals surface area contributed by atoms with Crippen LogP contribution in [0.3, 0.4) is 0 Å². The molecule has 2 rings (SSSR count). The van der Waals surface area contributed by atoms with E-state index in [-0.39, 0.29) is 29.4 Å². The van der Waals surface area contributed by atoms with Gasteiger partial charge in [0.05, 0.1) is 26.3 Å². The molecule has 33 heavy (non-hydrogen) atoms. The third-order valence-electron chi connectivity index (χ3n) is 4.08. The summed E-state index contributed by atoms with van der Waals surface area (Å²) < 4.78 is 22.8. The lowest BCUT2D eigenvalue weighted by molar-refractivity contribution is 0.0950. The molecule has 4 N–H and O–H groups in total. The third kappa shape index (κ3) is 9.03. The summed E-state index contributed by atoms with van der Waals surface area (Å²) in [5.41, 5.74) is 7.87. The third-order valence-corrected chi connectivity index (χ3v) is 4.08. The topological polar surface area (TPSA) is 97.4 Å². The fourth-order valence-corrected chi connectivity index (χ4v) is 2.56. The number of hydrogen-bond acceptors (Lipinski definition) is 5. The van der Waals surface area contributed by atoms with Crippen LogP contribution in [-0.2, 0) is 6.54 Å². The molecule has 0 saturated heterocycles. The molecule has 7 heteroatoms. The smallest absolute Gasteiger partial charge is 0.251 e. The van der Waals surface area contributed by atoms with Crippen molar-refractivity contribution in [3.05, 3.63) is 90.3 Å². The van der Waals surface area contributed by atoms with E-state index < -0.39 is 0 Å². The second-order valence-corrected chi connectivity index (χ2v) is 6.27. The Morgan fingerprint density at radius 3 is 2.39 bits per heavy atom. The van der Waals surface area contributed by atoms with Gasteiger partial charge in [-0.1, -0.05) is 32.6 Å². The van der Waals surface area contributed by atoms with E-state index in [1.165, 1.54) is 14.2 Å². The minimum Gasteiger partial charge on any atom is -0.497 e. The number of allylic oxidation sites excluding steroid dienone is 3. The van der Waals surface area contributed by atoms with Crippen LogP contribution in [0, 0.1) is 5.41 Å². The molecule has 0 aliphatic rings. The fraction of sp³-hybridized carbons (Fsp3) is 0.231. The number of rotatable bonds is 8. The summed E-state index contributed by atoms with van der Waals surface area (Å²) in [5, 5.41) is 11.0. The normalized spacial score (nSPS) is 9.52.